The predicted molar refractivity (Wildman–Crippen MR) is 81.5 cm³/mol. The molecule has 0 unspecified atom stereocenters. The molecule has 0 atom stereocenters. The van der Waals surface area contributed by atoms with Crippen LogP contribution >= 0.6 is 0 Å². The number of aryl methyl sites for hydroxylation is 1. The van der Waals surface area contributed by atoms with E-state index in [-0.39, 0.29) is 18.2 Å². The van der Waals surface area contributed by atoms with Crippen molar-refractivity contribution in [3.63, 3.8) is 0 Å². The maximum absolute atomic E-state index is 12.0. The maximum Gasteiger partial charge on any atom is 0.275 e. The van der Waals surface area contributed by atoms with Crippen molar-refractivity contribution in [3.8, 4) is 0 Å². The Morgan fingerprint density at radius 3 is 2.52 bits per heavy atom. The van der Waals surface area contributed by atoms with Gasteiger partial charge in [0.05, 0.1) is 18.5 Å². The summed E-state index contributed by atoms with van der Waals surface area (Å²) in [6, 6.07) is 7.38. The first-order chi connectivity index (χ1) is 10.1. The second kappa shape index (κ2) is 6.81. The van der Waals surface area contributed by atoms with Crippen molar-refractivity contribution in [1.29, 1.82) is 0 Å². The number of hydrogen-bond acceptors (Lipinski definition) is 5. The molecule has 1 aromatic heterocycles. The quantitative estimate of drug-likeness (QED) is 0.870. The van der Waals surface area contributed by atoms with Crippen LogP contribution in [0.3, 0.4) is 0 Å². The Hall–Kier alpha value is -2.47. The Kier molecular flexibility index (Phi) is 4.84. The molecule has 2 N–H and O–H groups in total. The number of rotatable bonds is 5. The van der Waals surface area contributed by atoms with E-state index in [1.807, 2.05) is 43.1 Å². The largest absolute Gasteiger partial charge is 0.395 e. The predicted octanol–water partition coefficient (Wildman–Crippen LogP) is 1.47. The summed E-state index contributed by atoms with van der Waals surface area (Å²) in [6.45, 7) is 2.47. The average molecular weight is 286 g/mol. The fourth-order valence-corrected chi connectivity index (χ4v) is 1.78. The Balaban J connectivity index is 2.03. The maximum atomic E-state index is 12.0. The number of aromatic nitrogens is 2. The molecular formula is C15H18N4O2. The third-order valence-corrected chi connectivity index (χ3v) is 3.01. The van der Waals surface area contributed by atoms with Gasteiger partial charge in [-0.3, -0.25) is 9.78 Å². The first-order valence-electron chi connectivity index (χ1n) is 6.62. The van der Waals surface area contributed by atoms with Crippen LogP contribution in [0.4, 0.5) is 11.4 Å². The van der Waals surface area contributed by atoms with Gasteiger partial charge in [0.1, 0.15) is 5.69 Å². The molecule has 0 bridgehead atoms. The van der Waals surface area contributed by atoms with Gasteiger partial charge in [-0.2, -0.15) is 0 Å². The minimum Gasteiger partial charge on any atom is -0.395 e. The lowest BCUT2D eigenvalue weighted by atomic mass is 10.2. The van der Waals surface area contributed by atoms with Crippen LogP contribution in [0.2, 0.25) is 0 Å². The molecule has 0 aliphatic heterocycles. The summed E-state index contributed by atoms with van der Waals surface area (Å²) in [5.74, 6) is -0.293. The minimum absolute atomic E-state index is 0.0983. The molecule has 1 aromatic carbocycles. The number of anilines is 2. The molecule has 0 fully saturated rings. The molecule has 0 aliphatic carbocycles. The van der Waals surface area contributed by atoms with E-state index >= 15 is 0 Å². The number of carbonyl (C=O) groups excluding carboxylic acids is 1. The highest BCUT2D eigenvalue weighted by Crippen LogP contribution is 2.17. The standard InChI is InChI=1S/C15H18N4O2/c1-11-9-17-14(10-16-11)15(21)18-12-3-5-13(6-4-12)19(2)7-8-20/h3-6,9-10,20H,7-8H2,1-2H3,(H,18,21). The number of nitrogens with one attached hydrogen (secondary N) is 1. The van der Waals surface area contributed by atoms with Gasteiger partial charge in [0, 0.05) is 31.2 Å². The van der Waals surface area contributed by atoms with Gasteiger partial charge < -0.3 is 15.3 Å². The fraction of sp³-hybridized carbons (Fsp3) is 0.267. The molecule has 110 valence electrons. The van der Waals surface area contributed by atoms with E-state index in [1.165, 1.54) is 6.20 Å². The van der Waals surface area contributed by atoms with E-state index in [1.54, 1.807) is 6.20 Å². The highest BCUT2D eigenvalue weighted by Gasteiger charge is 2.08. The molecule has 0 aliphatic rings. The van der Waals surface area contributed by atoms with Gasteiger partial charge in [-0.15, -0.1) is 0 Å². The van der Waals surface area contributed by atoms with Gasteiger partial charge in [0.15, 0.2) is 0 Å². The van der Waals surface area contributed by atoms with Crippen molar-refractivity contribution in [2.24, 2.45) is 0 Å². The number of aliphatic hydroxyl groups excluding tert-OH is 1. The van der Waals surface area contributed by atoms with Crippen LogP contribution in [0.1, 0.15) is 16.2 Å². The summed E-state index contributed by atoms with van der Waals surface area (Å²) >= 11 is 0. The van der Waals surface area contributed by atoms with Crippen molar-refractivity contribution in [1.82, 2.24) is 9.97 Å². The van der Waals surface area contributed by atoms with Crippen LogP contribution in [0.5, 0.6) is 0 Å². The molecule has 1 heterocycles. The summed E-state index contributed by atoms with van der Waals surface area (Å²) in [5, 5.41) is 11.7. The zero-order valence-electron chi connectivity index (χ0n) is 12.1. The summed E-state index contributed by atoms with van der Waals surface area (Å²) < 4.78 is 0. The molecular weight excluding hydrogens is 268 g/mol. The second-order valence-corrected chi connectivity index (χ2v) is 4.69. The normalized spacial score (nSPS) is 10.2. The van der Waals surface area contributed by atoms with E-state index < -0.39 is 0 Å². The van der Waals surface area contributed by atoms with Gasteiger partial charge in [-0.05, 0) is 31.2 Å². The lowest BCUT2D eigenvalue weighted by molar-refractivity contribution is 0.102. The average Bonchev–Trinajstić information content (AvgIpc) is 2.49. The number of hydrogen-bond donors (Lipinski definition) is 2. The van der Waals surface area contributed by atoms with Crippen molar-refractivity contribution in [2.45, 2.75) is 6.92 Å². The van der Waals surface area contributed by atoms with Crippen LogP contribution in [0.25, 0.3) is 0 Å². The molecule has 2 aromatic rings. The number of benzene rings is 1. The van der Waals surface area contributed by atoms with Crippen molar-refractivity contribution in [3.05, 3.63) is 48.0 Å². The van der Waals surface area contributed by atoms with Crippen LogP contribution in [0.15, 0.2) is 36.7 Å². The van der Waals surface area contributed by atoms with Crippen molar-refractivity contribution in [2.75, 3.05) is 30.4 Å². The SMILES string of the molecule is Cc1cnc(C(=O)Nc2ccc(N(C)CCO)cc2)cn1. The Labute approximate surface area is 123 Å². The van der Waals surface area contributed by atoms with E-state index in [0.29, 0.717) is 12.2 Å². The summed E-state index contributed by atoms with van der Waals surface area (Å²) in [7, 11) is 1.89. The highest BCUT2D eigenvalue weighted by molar-refractivity contribution is 6.02. The number of carbonyl (C=O) groups is 1. The molecule has 0 saturated heterocycles. The highest BCUT2D eigenvalue weighted by atomic mass is 16.3. The molecule has 21 heavy (non-hydrogen) atoms. The zero-order valence-corrected chi connectivity index (χ0v) is 12.1. The molecule has 2 rings (SSSR count). The van der Waals surface area contributed by atoms with Crippen LogP contribution in [-0.4, -0.2) is 41.2 Å². The summed E-state index contributed by atoms with van der Waals surface area (Å²) in [5.41, 5.74) is 2.70. The molecule has 0 saturated carbocycles. The number of amides is 1. The minimum atomic E-state index is -0.293. The van der Waals surface area contributed by atoms with Crippen LogP contribution in [0, 0.1) is 6.92 Å². The summed E-state index contributed by atoms with van der Waals surface area (Å²) in [4.78, 5) is 22.0. The Morgan fingerprint density at radius 1 is 1.24 bits per heavy atom. The van der Waals surface area contributed by atoms with Crippen LogP contribution < -0.4 is 10.2 Å². The van der Waals surface area contributed by atoms with Gasteiger partial charge >= 0.3 is 0 Å². The number of likely N-dealkylation sites (N-methyl/N-ethyl adjacent to an activating group) is 1. The summed E-state index contributed by atoms with van der Waals surface area (Å²) in [6.07, 6.45) is 3.01. The topological polar surface area (TPSA) is 78.4 Å². The van der Waals surface area contributed by atoms with Crippen molar-refractivity contribution >= 4 is 17.3 Å². The molecule has 6 nitrogen and oxygen atoms in total. The Bertz CT molecular complexity index is 596. The van der Waals surface area contributed by atoms with Gasteiger partial charge in [0.2, 0.25) is 0 Å². The molecule has 0 spiro atoms. The smallest absolute Gasteiger partial charge is 0.275 e. The lowest BCUT2D eigenvalue weighted by Crippen LogP contribution is -2.21. The van der Waals surface area contributed by atoms with E-state index in [2.05, 4.69) is 15.3 Å². The first kappa shape index (κ1) is 14.9. The monoisotopic (exact) mass is 286 g/mol. The zero-order chi connectivity index (χ0) is 15.2. The third kappa shape index (κ3) is 4.00. The van der Waals surface area contributed by atoms with E-state index in [4.69, 9.17) is 5.11 Å². The lowest BCUT2D eigenvalue weighted by Gasteiger charge is -2.18. The van der Waals surface area contributed by atoms with Gasteiger partial charge in [0.25, 0.3) is 5.91 Å². The fourth-order valence-electron chi connectivity index (χ4n) is 1.78. The van der Waals surface area contributed by atoms with E-state index in [0.717, 1.165) is 11.4 Å². The molecule has 0 radical (unpaired) electrons. The first-order valence-corrected chi connectivity index (χ1v) is 6.62. The number of nitrogens with zero attached hydrogens (tertiary/aromatic N) is 3. The van der Waals surface area contributed by atoms with Crippen molar-refractivity contribution < 1.29 is 9.90 Å². The van der Waals surface area contributed by atoms with E-state index in [9.17, 15) is 4.79 Å². The second-order valence-electron chi connectivity index (χ2n) is 4.69. The Morgan fingerprint density at radius 2 is 1.95 bits per heavy atom. The third-order valence-electron chi connectivity index (χ3n) is 3.01. The molecule has 1 amide bonds. The molecule has 6 heteroatoms. The van der Waals surface area contributed by atoms with Gasteiger partial charge in [-0.25, -0.2) is 4.98 Å². The van der Waals surface area contributed by atoms with Crippen LogP contribution in [-0.2, 0) is 0 Å². The van der Waals surface area contributed by atoms with Gasteiger partial charge in [-0.1, -0.05) is 0 Å². The number of aliphatic hydroxyl groups is 1.